The van der Waals surface area contributed by atoms with E-state index in [4.69, 9.17) is 0 Å². The zero-order valence-corrected chi connectivity index (χ0v) is 21.0. The third kappa shape index (κ3) is 4.11. The lowest BCUT2D eigenvalue weighted by Gasteiger charge is -2.36. The van der Waals surface area contributed by atoms with Gasteiger partial charge in [-0.2, -0.15) is 8.42 Å². The molecule has 2 unspecified atom stereocenters. The fraction of sp³-hybridized carbons (Fsp3) is 0.364. The van der Waals surface area contributed by atoms with Gasteiger partial charge in [-0.05, 0) is 49.8 Å². The number of ketones is 1. The molecule has 0 fully saturated rings. The topological polar surface area (TPSA) is 143 Å². The normalized spacial score (nSPS) is 23.0. The van der Waals surface area contributed by atoms with Gasteiger partial charge in [0.25, 0.3) is 10.0 Å². The summed E-state index contributed by atoms with van der Waals surface area (Å²) in [6.07, 6.45) is 5.71. The van der Waals surface area contributed by atoms with Gasteiger partial charge < -0.3 is 19.7 Å². The highest BCUT2D eigenvalue weighted by Gasteiger charge is 2.46. The molecule has 2 aliphatic heterocycles. The van der Waals surface area contributed by atoms with Gasteiger partial charge >= 0.3 is 0 Å². The minimum Gasteiger partial charge on any atom is -0.504 e. The average Bonchev–Trinajstić information content (AvgIpc) is 3.21. The molecule has 0 saturated heterocycles. The number of Topliss-reactive ketones (excluding diaryl/α,β-unsaturated/α-hetero) is 1. The third-order valence-corrected chi connectivity index (χ3v) is 7.82. The zero-order chi connectivity index (χ0) is 25.1. The highest BCUT2D eigenvalue weighted by molar-refractivity contribution is 8.00. The number of aromatic nitrogens is 2. The van der Waals surface area contributed by atoms with Crippen LogP contribution < -0.4 is 10.0 Å². The summed E-state index contributed by atoms with van der Waals surface area (Å²) < 4.78 is 46.2. The van der Waals surface area contributed by atoms with Gasteiger partial charge in [0, 0.05) is 34.0 Å². The second-order valence-electron chi connectivity index (χ2n) is 9.24. The number of carbonyl (C=O) groups is 1. The molecule has 0 saturated carbocycles. The van der Waals surface area contributed by atoms with E-state index >= 15 is 0 Å². The van der Waals surface area contributed by atoms with Gasteiger partial charge in [0.05, 0.1) is 5.69 Å². The molecular weight excluding hydrogens is 478 g/mol. The van der Waals surface area contributed by atoms with Crippen molar-refractivity contribution in [2.24, 2.45) is 10.3 Å². The van der Waals surface area contributed by atoms with E-state index in [-0.39, 0.29) is 27.8 Å². The number of hydrogen-bond donors (Lipinski definition) is 3. The Hall–Kier alpha value is -3.12. The summed E-state index contributed by atoms with van der Waals surface area (Å²) in [4.78, 5) is 17.8. The Balaban J connectivity index is 1.81. The lowest BCUT2D eigenvalue weighted by Crippen LogP contribution is -2.47. The summed E-state index contributed by atoms with van der Waals surface area (Å²) in [7, 11) is -6.87. The highest BCUT2D eigenvalue weighted by atomic mass is 32.2. The molecule has 0 radical (unpaired) electrons. The molecule has 3 heterocycles. The van der Waals surface area contributed by atoms with Gasteiger partial charge in [-0.3, -0.25) is 4.79 Å². The number of nitrogens with one attached hydrogen (secondary N) is 2. The van der Waals surface area contributed by atoms with Crippen LogP contribution in [0.5, 0.6) is 0 Å². The van der Waals surface area contributed by atoms with E-state index in [1.807, 2.05) is 13.8 Å². The van der Waals surface area contributed by atoms with E-state index in [0.717, 1.165) is 6.42 Å². The quantitative estimate of drug-likeness (QED) is 0.512. The lowest BCUT2D eigenvalue weighted by molar-refractivity contribution is -0.123. The number of nitrogens with zero attached hydrogens (tertiary/aromatic N) is 3. The fourth-order valence-corrected chi connectivity index (χ4v) is 5.85. The van der Waals surface area contributed by atoms with E-state index in [1.165, 1.54) is 30.7 Å². The summed E-state index contributed by atoms with van der Waals surface area (Å²) >= 11 is 0. The molecule has 0 spiro atoms. The van der Waals surface area contributed by atoms with E-state index in [1.54, 1.807) is 17.7 Å². The van der Waals surface area contributed by atoms with E-state index in [2.05, 4.69) is 25.3 Å². The van der Waals surface area contributed by atoms with Crippen LogP contribution in [0.25, 0.3) is 5.76 Å². The second-order valence-corrected chi connectivity index (χ2v) is 13.0. The van der Waals surface area contributed by atoms with Gasteiger partial charge in [0.2, 0.25) is 0 Å². The van der Waals surface area contributed by atoms with Crippen molar-refractivity contribution in [1.29, 1.82) is 0 Å². The molecule has 1 aromatic carbocycles. The molecule has 0 amide bonds. The molecule has 12 heteroatoms. The Kier molecular flexibility index (Phi) is 5.64. The summed E-state index contributed by atoms with van der Waals surface area (Å²) in [5.74, 6) is 2.83. The van der Waals surface area contributed by atoms with Crippen molar-refractivity contribution in [2.45, 2.75) is 44.0 Å². The Labute approximate surface area is 199 Å². The van der Waals surface area contributed by atoms with Crippen LogP contribution in [0.3, 0.4) is 0 Å². The molecule has 2 atom stereocenters. The first-order valence-electron chi connectivity index (χ1n) is 10.6. The molecule has 3 N–H and O–H groups in total. The molecule has 34 heavy (non-hydrogen) atoms. The molecular formula is C22H27N5O5S2. The van der Waals surface area contributed by atoms with Crippen LogP contribution in [0.2, 0.25) is 0 Å². The Morgan fingerprint density at radius 3 is 2.71 bits per heavy atom. The van der Waals surface area contributed by atoms with E-state index in [9.17, 15) is 22.5 Å². The van der Waals surface area contributed by atoms with E-state index < -0.39 is 36.8 Å². The number of hydrogen-bond acceptors (Lipinski definition) is 7. The smallest absolute Gasteiger partial charge is 0.286 e. The summed E-state index contributed by atoms with van der Waals surface area (Å²) in [5.41, 5.74) is -0.831. The van der Waals surface area contributed by atoms with Gasteiger partial charge in [-0.25, -0.2) is 9.19 Å². The van der Waals surface area contributed by atoms with Crippen LogP contribution in [-0.4, -0.2) is 51.0 Å². The number of benzene rings is 1. The first-order valence-corrected chi connectivity index (χ1v) is 14.2. The minimum absolute atomic E-state index is 0.155. The summed E-state index contributed by atoms with van der Waals surface area (Å²) in [5, 5.41) is 13.8. The molecule has 2 aliphatic rings. The molecule has 2 aromatic rings. The first-order chi connectivity index (χ1) is 15.7. The standard InChI is InChI=1S/C22H27N5O5S2/c1-13(2)8-9-22(3)19(29)17(18(28)21-23-10-11-27(21)22)20-24-15-7-6-14(25-33(4,5)30)12-16(15)34(31,32)26-20/h6-7,10-13,28H,4,8-9H2,1-3,5H3,(H,24,26)(H,25,30). The predicted octanol–water partition coefficient (Wildman–Crippen LogP) is 2.77. The molecule has 182 valence electrons. The minimum atomic E-state index is -4.24. The molecule has 0 aliphatic carbocycles. The van der Waals surface area contributed by atoms with Gasteiger partial charge in [0.1, 0.15) is 16.0 Å². The molecule has 4 rings (SSSR count). The Bertz CT molecular complexity index is 1470. The number of imidazole rings is 1. The maximum absolute atomic E-state index is 13.7. The molecule has 1 aromatic heterocycles. The SMILES string of the molecule is C=S(C)(=O)Nc1ccc2c(c1)S(=O)(=O)N=C(C1=C(O)c3nccn3C(C)(CCC(C)C)C1=O)N2. The van der Waals surface area contributed by atoms with Crippen LogP contribution in [0.15, 0.2) is 45.5 Å². The second kappa shape index (κ2) is 7.98. The number of carbonyl (C=O) groups excluding carboxylic acids is 1. The number of rotatable bonds is 6. The van der Waals surface area contributed by atoms with Crippen molar-refractivity contribution in [3.05, 3.63) is 42.0 Å². The number of aliphatic hydroxyl groups excluding tert-OH is 1. The maximum atomic E-state index is 13.7. The molecule has 10 nitrogen and oxygen atoms in total. The van der Waals surface area contributed by atoms with Crippen LogP contribution in [0.1, 0.15) is 39.4 Å². The maximum Gasteiger partial charge on any atom is 0.286 e. The van der Waals surface area contributed by atoms with Crippen molar-refractivity contribution < 1.29 is 22.5 Å². The van der Waals surface area contributed by atoms with Crippen LogP contribution in [0.4, 0.5) is 11.4 Å². The first kappa shape index (κ1) is 24.0. The summed E-state index contributed by atoms with van der Waals surface area (Å²) in [6, 6.07) is 4.30. The summed E-state index contributed by atoms with van der Waals surface area (Å²) in [6.45, 7) is 5.84. The van der Waals surface area contributed by atoms with Crippen molar-refractivity contribution in [3.63, 3.8) is 0 Å². The average molecular weight is 506 g/mol. The highest BCUT2D eigenvalue weighted by Crippen LogP contribution is 2.39. The molecule has 0 bridgehead atoms. The van der Waals surface area contributed by atoms with Crippen LogP contribution in [0, 0.1) is 5.92 Å². The van der Waals surface area contributed by atoms with Crippen molar-refractivity contribution in [2.75, 3.05) is 16.3 Å². The third-order valence-electron chi connectivity index (χ3n) is 5.84. The number of anilines is 2. The number of sulfonamides is 1. The van der Waals surface area contributed by atoms with Crippen LogP contribution >= 0.6 is 0 Å². The Morgan fingerprint density at radius 2 is 2.06 bits per heavy atom. The van der Waals surface area contributed by atoms with Crippen molar-refractivity contribution >= 4 is 54.4 Å². The number of aliphatic hydroxyl groups is 1. The van der Waals surface area contributed by atoms with E-state index in [0.29, 0.717) is 18.0 Å². The Morgan fingerprint density at radius 1 is 1.35 bits per heavy atom. The number of fused-ring (bicyclic) bond motifs is 2. The van der Waals surface area contributed by atoms with Crippen molar-refractivity contribution in [3.8, 4) is 0 Å². The monoisotopic (exact) mass is 505 g/mol. The van der Waals surface area contributed by atoms with Crippen LogP contribution in [-0.2, 0) is 30.1 Å². The van der Waals surface area contributed by atoms with Gasteiger partial charge in [0.15, 0.2) is 23.2 Å². The number of amidine groups is 1. The predicted molar refractivity (Wildman–Crippen MR) is 134 cm³/mol. The van der Waals surface area contributed by atoms with Gasteiger partial charge in [-0.15, -0.1) is 4.40 Å². The zero-order valence-electron chi connectivity index (χ0n) is 19.3. The lowest BCUT2D eigenvalue weighted by atomic mass is 9.81. The largest absolute Gasteiger partial charge is 0.504 e. The van der Waals surface area contributed by atoms with Gasteiger partial charge in [-0.1, -0.05) is 13.8 Å². The fourth-order valence-electron chi connectivity index (χ4n) is 4.08. The van der Waals surface area contributed by atoms with Crippen molar-refractivity contribution in [1.82, 2.24) is 9.55 Å².